The van der Waals surface area contributed by atoms with Crippen molar-refractivity contribution in [3.05, 3.63) is 0 Å². The Bertz CT molecular complexity index is 300. The van der Waals surface area contributed by atoms with Gasteiger partial charge < -0.3 is 18.0 Å². The van der Waals surface area contributed by atoms with Crippen LogP contribution >= 0.6 is 0 Å². The molecule has 0 N–H and O–H groups in total. The third-order valence-corrected chi connectivity index (χ3v) is 7.04. The molecule has 0 saturated heterocycles. The first-order valence-electron chi connectivity index (χ1n) is 8.58. The average Bonchev–Trinajstić information content (AvgIpc) is 3.07. The molecule has 6 heteroatoms. The van der Waals surface area contributed by atoms with Crippen LogP contribution in [0.15, 0.2) is 4.99 Å². The molecule has 0 fully saturated rings. The summed E-state index contributed by atoms with van der Waals surface area (Å²) in [6.07, 6.45) is 11.1. The van der Waals surface area contributed by atoms with Gasteiger partial charge in [-0.15, -0.1) is 0 Å². The molecule has 0 aliphatic carbocycles. The third kappa shape index (κ3) is 7.72. The zero-order valence-corrected chi connectivity index (χ0v) is 15.6. The first kappa shape index (κ1) is 19.6. The van der Waals surface area contributed by atoms with E-state index in [9.17, 15) is 0 Å². The summed E-state index contributed by atoms with van der Waals surface area (Å²) in [5, 5.41) is 0. The minimum atomic E-state index is -2.34. The normalized spacial score (nSPS) is 15.0. The summed E-state index contributed by atoms with van der Waals surface area (Å²) in [7, 11) is 2.71. The van der Waals surface area contributed by atoms with Gasteiger partial charge in [0.25, 0.3) is 0 Å². The molecule has 0 bridgehead atoms. The first-order chi connectivity index (χ1) is 10.8. The summed E-state index contributed by atoms with van der Waals surface area (Å²) < 4.78 is 21.7. The number of hydrogen-bond acceptors (Lipinski definition) is 5. The number of nitrogens with zero attached hydrogens (tertiary/aromatic N) is 1. The summed E-state index contributed by atoms with van der Waals surface area (Å²) in [5.74, 6) is 0.974. The van der Waals surface area contributed by atoms with Gasteiger partial charge in [0.15, 0.2) is 5.90 Å². The van der Waals surface area contributed by atoms with E-state index in [1.54, 1.807) is 21.3 Å². The van der Waals surface area contributed by atoms with Crippen LogP contribution in [0.3, 0.4) is 0 Å². The number of hydrogen-bond donors (Lipinski definition) is 0. The second-order valence-corrected chi connectivity index (χ2v) is 8.84. The van der Waals surface area contributed by atoms with Crippen LogP contribution in [0.5, 0.6) is 0 Å². The van der Waals surface area contributed by atoms with Gasteiger partial charge >= 0.3 is 8.80 Å². The predicted molar refractivity (Wildman–Crippen MR) is 91.4 cm³/mol. The van der Waals surface area contributed by atoms with E-state index >= 15 is 0 Å². The van der Waals surface area contributed by atoms with Gasteiger partial charge in [-0.3, -0.25) is 4.99 Å². The van der Waals surface area contributed by atoms with Gasteiger partial charge in [0.2, 0.25) is 0 Å². The lowest BCUT2D eigenvalue weighted by molar-refractivity contribution is 0.122. The topological polar surface area (TPSA) is 49.3 Å². The Morgan fingerprint density at radius 3 is 1.91 bits per heavy atom. The molecule has 130 valence electrons. The molecule has 0 aromatic heterocycles. The number of rotatable bonds is 14. The number of unbranched alkanes of at least 4 members (excludes halogenated alkanes) is 7. The summed E-state index contributed by atoms with van der Waals surface area (Å²) >= 11 is 0. The van der Waals surface area contributed by atoms with Crippen LogP contribution in [0, 0.1) is 0 Å². The van der Waals surface area contributed by atoms with Crippen molar-refractivity contribution in [1.29, 1.82) is 0 Å². The average molecular weight is 332 g/mol. The Morgan fingerprint density at radius 2 is 1.41 bits per heavy atom. The van der Waals surface area contributed by atoms with Gasteiger partial charge in [0.05, 0.1) is 6.54 Å². The van der Waals surface area contributed by atoms with Crippen LogP contribution in [0.1, 0.15) is 57.8 Å². The molecule has 0 atom stereocenters. The van der Waals surface area contributed by atoms with E-state index in [2.05, 4.69) is 4.99 Å². The third-order valence-electron chi connectivity index (χ3n) is 4.20. The van der Waals surface area contributed by atoms with E-state index in [1.807, 2.05) is 0 Å². The van der Waals surface area contributed by atoms with E-state index < -0.39 is 8.80 Å². The number of aliphatic imine (C=N–C) groups is 1. The Labute approximate surface area is 136 Å². The zero-order valence-electron chi connectivity index (χ0n) is 14.6. The van der Waals surface area contributed by atoms with Crippen molar-refractivity contribution in [2.75, 3.05) is 34.5 Å². The molecule has 0 amide bonds. The van der Waals surface area contributed by atoms with Gasteiger partial charge in [-0.2, -0.15) is 0 Å². The molecular weight excluding hydrogens is 298 g/mol. The minimum absolute atomic E-state index is 0.786. The van der Waals surface area contributed by atoms with Crippen molar-refractivity contribution >= 4 is 14.7 Å². The maximum atomic E-state index is 5.43. The largest absolute Gasteiger partial charge is 0.500 e. The van der Waals surface area contributed by atoms with E-state index in [0.29, 0.717) is 0 Å². The van der Waals surface area contributed by atoms with E-state index in [1.165, 1.54) is 44.9 Å². The highest BCUT2D eigenvalue weighted by atomic mass is 28.4. The Hall–Kier alpha value is -0.433. The van der Waals surface area contributed by atoms with Crippen molar-refractivity contribution in [3.8, 4) is 0 Å². The summed E-state index contributed by atoms with van der Waals surface area (Å²) in [4.78, 5) is 4.31. The van der Waals surface area contributed by atoms with Crippen molar-refractivity contribution in [2.24, 2.45) is 4.99 Å². The van der Waals surface area contributed by atoms with Crippen LogP contribution in [-0.4, -0.2) is 49.2 Å². The fraction of sp³-hybridized carbons (Fsp3) is 0.938. The maximum Gasteiger partial charge on any atom is 0.500 e. The minimum Gasteiger partial charge on any atom is -0.479 e. The second-order valence-electron chi connectivity index (χ2n) is 5.75. The van der Waals surface area contributed by atoms with Crippen molar-refractivity contribution in [2.45, 2.75) is 63.8 Å². The summed E-state index contributed by atoms with van der Waals surface area (Å²) in [6.45, 7) is 1.64. The molecule has 1 aliphatic rings. The van der Waals surface area contributed by atoms with Crippen LogP contribution in [0.4, 0.5) is 0 Å². The smallest absolute Gasteiger partial charge is 0.479 e. The quantitative estimate of drug-likeness (QED) is 0.359. The van der Waals surface area contributed by atoms with E-state index in [4.69, 9.17) is 18.0 Å². The molecular formula is C16H33NO4Si. The zero-order chi connectivity index (χ0) is 16.1. The Balaban J connectivity index is 1.87. The lowest BCUT2D eigenvalue weighted by Crippen LogP contribution is -2.42. The highest BCUT2D eigenvalue weighted by Crippen LogP contribution is 2.18. The summed E-state index contributed by atoms with van der Waals surface area (Å²) in [6, 6.07) is 0.915. The molecule has 1 aliphatic heterocycles. The fourth-order valence-corrected chi connectivity index (χ4v) is 4.56. The van der Waals surface area contributed by atoms with E-state index in [-0.39, 0.29) is 0 Å². The second kappa shape index (κ2) is 12.0. The summed E-state index contributed by atoms with van der Waals surface area (Å²) in [5.41, 5.74) is 0. The first-order valence-corrected chi connectivity index (χ1v) is 10.5. The molecule has 5 nitrogen and oxygen atoms in total. The molecule has 0 radical (unpaired) electrons. The van der Waals surface area contributed by atoms with Crippen molar-refractivity contribution < 1.29 is 18.0 Å². The molecule has 0 aromatic carbocycles. The highest BCUT2D eigenvalue weighted by molar-refractivity contribution is 6.60. The van der Waals surface area contributed by atoms with Gasteiger partial charge in [-0.25, -0.2) is 0 Å². The van der Waals surface area contributed by atoms with Crippen molar-refractivity contribution in [1.82, 2.24) is 0 Å². The Morgan fingerprint density at radius 1 is 0.864 bits per heavy atom. The molecule has 22 heavy (non-hydrogen) atoms. The molecule has 0 saturated carbocycles. The molecule has 0 spiro atoms. The van der Waals surface area contributed by atoms with Crippen LogP contribution in [0.2, 0.25) is 6.04 Å². The van der Waals surface area contributed by atoms with Gasteiger partial charge in [0, 0.05) is 33.8 Å². The maximum absolute atomic E-state index is 5.43. The van der Waals surface area contributed by atoms with Gasteiger partial charge in [-0.05, 0) is 12.8 Å². The Kier molecular flexibility index (Phi) is 10.7. The van der Waals surface area contributed by atoms with Crippen LogP contribution < -0.4 is 0 Å². The lowest BCUT2D eigenvalue weighted by atomic mass is 10.1. The monoisotopic (exact) mass is 331 g/mol. The van der Waals surface area contributed by atoms with Crippen LogP contribution in [0.25, 0.3) is 0 Å². The van der Waals surface area contributed by atoms with E-state index in [0.717, 1.165) is 37.9 Å². The van der Waals surface area contributed by atoms with Crippen LogP contribution in [-0.2, 0) is 18.0 Å². The molecule has 1 rings (SSSR count). The fourth-order valence-electron chi connectivity index (χ4n) is 2.77. The lowest BCUT2D eigenvalue weighted by Gasteiger charge is -2.24. The van der Waals surface area contributed by atoms with Crippen molar-refractivity contribution in [3.63, 3.8) is 0 Å². The van der Waals surface area contributed by atoms with Gasteiger partial charge in [-0.1, -0.05) is 38.5 Å². The molecule has 0 unspecified atom stereocenters. The molecule has 0 aromatic rings. The SMILES string of the molecule is CO[Si](CCCCCCCCCCC1=NCCO1)(OC)OC. The predicted octanol–water partition coefficient (Wildman–Crippen LogP) is 3.80. The number of ether oxygens (including phenoxy) is 1. The molecule has 1 heterocycles. The highest BCUT2D eigenvalue weighted by Gasteiger charge is 2.36. The standard InChI is InChI=1S/C16H33NO4Si/c1-18-22(19-2,20-3)15-11-9-7-5-4-6-8-10-12-16-17-13-14-21-16/h4-15H2,1-3H3. The van der Waals surface area contributed by atoms with Gasteiger partial charge in [0.1, 0.15) is 6.61 Å².